The number of halogens is 1. The molecule has 0 aliphatic rings. The second kappa shape index (κ2) is 8.56. The Morgan fingerprint density at radius 3 is 3.00 bits per heavy atom. The second-order valence-corrected chi connectivity index (χ2v) is 5.19. The molecule has 6 nitrogen and oxygen atoms in total. The van der Waals surface area contributed by atoms with Crippen molar-refractivity contribution in [3.05, 3.63) is 29.2 Å². The zero-order valence-electron chi connectivity index (χ0n) is 11.5. The van der Waals surface area contributed by atoms with Crippen LogP contribution in [0.2, 0.25) is 0 Å². The topological polar surface area (TPSA) is 94.0 Å². The molecule has 2 heterocycles. The third-order valence-electron chi connectivity index (χ3n) is 2.54. The van der Waals surface area contributed by atoms with Gasteiger partial charge in [-0.1, -0.05) is 24.7 Å². The molecule has 0 aromatic carbocycles. The van der Waals surface area contributed by atoms with Crippen LogP contribution in [0, 0.1) is 0 Å². The number of anilines is 1. The van der Waals surface area contributed by atoms with Crippen LogP contribution < -0.4 is 11.1 Å². The molecule has 0 fully saturated rings. The summed E-state index contributed by atoms with van der Waals surface area (Å²) in [5.74, 6) is 0.500. The van der Waals surface area contributed by atoms with Crippen molar-refractivity contribution >= 4 is 46.9 Å². The summed E-state index contributed by atoms with van der Waals surface area (Å²) >= 11 is 1.28. The van der Waals surface area contributed by atoms with Gasteiger partial charge in [-0.3, -0.25) is 10.1 Å². The van der Waals surface area contributed by atoms with Crippen LogP contribution in [-0.2, 0) is 4.79 Å². The molecule has 0 aliphatic heterocycles. The van der Waals surface area contributed by atoms with Gasteiger partial charge in [0.05, 0.1) is 12.3 Å². The van der Waals surface area contributed by atoms with Crippen LogP contribution in [0.15, 0.2) is 22.8 Å². The van der Waals surface area contributed by atoms with Crippen molar-refractivity contribution in [1.82, 2.24) is 10.2 Å². The molecule has 2 aromatic rings. The van der Waals surface area contributed by atoms with Crippen molar-refractivity contribution in [1.29, 1.82) is 0 Å². The van der Waals surface area contributed by atoms with E-state index in [1.165, 1.54) is 11.3 Å². The molecule has 2 aromatic heterocycles. The van der Waals surface area contributed by atoms with Crippen LogP contribution in [0.3, 0.4) is 0 Å². The summed E-state index contributed by atoms with van der Waals surface area (Å²) in [6.45, 7) is 1.98. The van der Waals surface area contributed by atoms with E-state index < -0.39 is 6.04 Å². The number of hydrogen-bond acceptors (Lipinski definition) is 6. The molecule has 2 rings (SSSR count). The fourth-order valence-corrected chi connectivity index (χ4v) is 2.18. The molecule has 0 bridgehead atoms. The van der Waals surface area contributed by atoms with Crippen molar-refractivity contribution in [3.63, 3.8) is 0 Å². The van der Waals surface area contributed by atoms with Crippen LogP contribution in [0.25, 0.3) is 12.2 Å². The minimum atomic E-state index is -0.508. The number of aromatic nitrogens is 2. The van der Waals surface area contributed by atoms with Crippen molar-refractivity contribution < 1.29 is 9.21 Å². The highest BCUT2D eigenvalue weighted by molar-refractivity contribution is 7.16. The Morgan fingerprint density at radius 1 is 1.52 bits per heavy atom. The van der Waals surface area contributed by atoms with E-state index in [9.17, 15) is 4.79 Å². The molecule has 1 unspecified atom stereocenters. The van der Waals surface area contributed by atoms with E-state index in [1.807, 2.05) is 13.0 Å². The maximum Gasteiger partial charge on any atom is 0.243 e. The first-order chi connectivity index (χ1) is 9.69. The molecule has 1 amide bonds. The van der Waals surface area contributed by atoms with Gasteiger partial charge in [-0.15, -0.1) is 22.6 Å². The molecule has 0 saturated carbocycles. The highest BCUT2D eigenvalue weighted by Gasteiger charge is 2.14. The summed E-state index contributed by atoms with van der Waals surface area (Å²) in [5.41, 5.74) is 5.72. The fraction of sp³-hybridized carbons (Fsp3) is 0.308. The van der Waals surface area contributed by atoms with Crippen molar-refractivity contribution in [2.45, 2.75) is 25.8 Å². The highest BCUT2D eigenvalue weighted by Crippen LogP contribution is 2.18. The number of carbonyl (C=O) groups excluding carboxylic acids is 1. The minimum absolute atomic E-state index is 0. The van der Waals surface area contributed by atoms with Crippen molar-refractivity contribution in [3.8, 4) is 0 Å². The summed E-state index contributed by atoms with van der Waals surface area (Å²) in [6.07, 6.45) is 6.67. The molecule has 3 N–H and O–H groups in total. The lowest BCUT2D eigenvalue weighted by atomic mass is 10.2. The number of nitrogens with zero attached hydrogens (tertiary/aromatic N) is 2. The fourth-order valence-electron chi connectivity index (χ4n) is 1.53. The van der Waals surface area contributed by atoms with Gasteiger partial charge in [0.2, 0.25) is 11.0 Å². The van der Waals surface area contributed by atoms with E-state index in [4.69, 9.17) is 10.2 Å². The first-order valence-corrected chi connectivity index (χ1v) is 7.12. The van der Waals surface area contributed by atoms with Crippen LogP contribution in [0.1, 0.15) is 30.5 Å². The molecule has 21 heavy (non-hydrogen) atoms. The van der Waals surface area contributed by atoms with E-state index in [0.29, 0.717) is 16.6 Å². The number of hydrogen-bond donors (Lipinski definition) is 2. The van der Waals surface area contributed by atoms with Gasteiger partial charge in [-0.2, -0.15) is 0 Å². The first kappa shape index (κ1) is 17.4. The third-order valence-corrected chi connectivity index (χ3v) is 3.34. The number of carbonyl (C=O) groups is 1. The molecule has 8 heteroatoms. The Kier molecular flexibility index (Phi) is 7.07. The summed E-state index contributed by atoms with van der Waals surface area (Å²) in [6, 6.07) is 3.14. The predicted octanol–water partition coefficient (Wildman–Crippen LogP) is 2.79. The molecule has 114 valence electrons. The average molecular weight is 329 g/mol. The number of nitrogens with one attached hydrogen (secondary N) is 1. The quantitative estimate of drug-likeness (QED) is 0.850. The van der Waals surface area contributed by atoms with Crippen LogP contribution >= 0.6 is 23.7 Å². The number of rotatable bonds is 6. The monoisotopic (exact) mass is 328 g/mol. The van der Waals surface area contributed by atoms with Crippen LogP contribution in [-0.4, -0.2) is 22.1 Å². The highest BCUT2D eigenvalue weighted by atomic mass is 35.5. The smallest absolute Gasteiger partial charge is 0.243 e. The lowest BCUT2D eigenvalue weighted by Gasteiger charge is -2.08. The minimum Gasteiger partial charge on any atom is -0.465 e. The van der Waals surface area contributed by atoms with Gasteiger partial charge >= 0.3 is 0 Å². The summed E-state index contributed by atoms with van der Waals surface area (Å²) in [5, 5.41) is 11.6. The summed E-state index contributed by atoms with van der Waals surface area (Å²) < 4.78 is 5.17. The zero-order chi connectivity index (χ0) is 14.4. The second-order valence-electron chi connectivity index (χ2n) is 4.18. The molecular weight excluding hydrogens is 312 g/mol. The van der Waals surface area contributed by atoms with Gasteiger partial charge in [0.25, 0.3) is 0 Å². The molecule has 0 saturated heterocycles. The Bertz CT molecular complexity index is 583. The van der Waals surface area contributed by atoms with Crippen LogP contribution in [0.4, 0.5) is 5.13 Å². The lowest BCUT2D eigenvalue weighted by molar-refractivity contribution is -0.117. The van der Waals surface area contributed by atoms with E-state index >= 15 is 0 Å². The van der Waals surface area contributed by atoms with Crippen molar-refractivity contribution in [2.24, 2.45) is 5.73 Å². The summed E-state index contributed by atoms with van der Waals surface area (Å²) in [4.78, 5) is 11.7. The Labute approximate surface area is 132 Å². The number of amides is 1. The van der Waals surface area contributed by atoms with Crippen LogP contribution in [0.5, 0.6) is 0 Å². The Hall–Kier alpha value is -1.70. The molecule has 0 spiro atoms. The normalized spacial score (nSPS) is 12.1. The van der Waals surface area contributed by atoms with E-state index in [-0.39, 0.29) is 18.3 Å². The Balaban J connectivity index is 0.00000220. The van der Waals surface area contributed by atoms with Gasteiger partial charge in [0.1, 0.15) is 10.8 Å². The lowest BCUT2D eigenvalue weighted by Crippen LogP contribution is -2.35. The Morgan fingerprint density at radius 2 is 2.33 bits per heavy atom. The van der Waals surface area contributed by atoms with Gasteiger partial charge in [0.15, 0.2) is 0 Å². The van der Waals surface area contributed by atoms with E-state index in [0.717, 1.165) is 12.2 Å². The largest absolute Gasteiger partial charge is 0.465 e. The van der Waals surface area contributed by atoms with Gasteiger partial charge < -0.3 is 10.2 Å². The summed E-state index contributed by atoms with van der Waals surface area (Å²) in [7, 11) is 0. The molecular formula is C13H17ClN4O2S. The van der Waals surface area contributed by atoms with Crippen molar-refractivity contribution in [2.75, 3.05) is 5.32 Å². The molecule has 1 atom stereocenters. The SMILES string of the molecule is CCCC(N)C(=O)Nc1nnc(/C=C/c2ccco2)s1.Cl. The van der Waals surface area contributed by atoms with Gasteiger partial charge in [-0.25, -0.2) is 0 Å². The van der Waals surface area contributed by atoms with E-state index in [1.54, 1.807) is 24.5 Å². The maximum absolute atomic E-state index is 11.7. The van der Waals surface area contributed by atoms with Gasteiger partial charge in [-0.05, 0) is 30.7 Å². The molecule has 0 radical (unpaired) electrons. The van der Waals surface area contributed by atoms with Gasteiger partial charge in [0, 0.05) is 0 Å². The molecule has 0 aliphatic carbocycles. The first-order valence-electron chi connectivity index (χ1n) is 6.30. The predicted molar refractivity (Wildman–Crippen MR) is 86.3 cm³/mol. The van der Waals surface area contributed by atoms with E-state index in [2.05, 4.69) is 15.5 Å². The zero-order valence-corrected chi connectivity index (χ0v) is 13.1. The average Bonchev–Trinajstić information content (AvgIpc) is 3.07. The maximum atomic E-state index is 11.7. The number of nitrogens with two attached hydrogens (primary N) is 1. The third kappa shape index (κ3) is 5.30. The number of furan rings is 1. The standard InChI is InChI=1S/C13H16N4O2S.ClH/c1-2-4-10(14)12(18)15-13-17-16-11(20-13)7-6-9-5-3-8-19-9;/h3,5-8,10H,2,4,14H2,1H3,(H,15,17,18);1H/b7-6+;.